The molecule has 2 aliphatic carbocycles. The lowest BCUT2D eigenvalue weighted by Gasteiger charge is -2.34. The van der Waals surface area contributed by atoms with E-state index in [4.69, 9.17) is 0 Å². The quantitative estimate of drug-likeness (QED) is 0.116. The number of rotatable bonds is 6. The molecule has 0 spiro atoms. The predicted molar refractivity (Wildman–Crippen MR) is 283 cm³/mol. The van der Waals surface area contributed by atoms with Crippen molar-refractivity contribution in [3.8, 4) is 44.5 Å². The van der Waals surface area contributed by atoms with Gasteiger partial charge in [-0.05, 0) is 123 Å². The molecular weight excluding hydrogens is 790 g/mol. The molecule has 0 aromatic heterocycles. The molecule has 0 amide bonds. The highest BCUT2D eigenvalue weighted by molar-refractivity contribution is 6.36. The molecule has 306 valence electrons. The summed E-state index contributed by atoms with van der Waals surface area (Å²) in [7, 11) is 4.47. The Morgan fingerprint density at radius 2 is 0.561 bits per heavy atom. The van der Waals surface area contributed by atoms with E-state index in [9.17, 15) is 0 Å². The van der Waals surface area contributed by atoms with Crippen LogP contribution in [0, 0.1) is 0 Å². The van der Waals surface area contributed by atoms with E-state index in [2.05, 4.69) is 258 Å². The van der Waals surface area contributed by atoms with Crippen LogP contribution in [0.4, 0.5) is 0 Å². The van der Waals surface area contributed by atoms with Gasteiger partial charge in [-0.1, -0.05) is 241 Å². The van der Waals surface area contributed by atoms with E-state index in [0.717, 1.165) is 0 Å². The lowest BCUT2D eigenvalue weighted by Crippen LogP contribution is -2.28. The summed E-state index contributed by atoms with van der Waals surface area (Å²) in [6.07, 6.45) is 0. The third kappa shape index (κ3) is 5.36. The second kappa shape index (κ2) is 14.8. The maximum Gasteiger partial charge on any atom is 0.139 e. The molecule has 0 aliphatic heterocycles. The maximum absolute atomic E-state index is 2.53. The van der Waals surface area contributed by atoms with E-state index in [-0.39, 0.29) is 0 Å². The van der Waals surface area contributed by atoms with E-state index >= 15 is 0 Å². The van der Waals surface area contributed by atoms with Gasteiger partial charge in [0.15, 0.2) is 0 Å². The van der Waals surface area contributed by atoms with E-state index in [0.29, 0.717) is 0 Å². The van der Waals surface area contributed by atoms with Crippen LogP contribution in [-0.4, -0.2) is 15.7 Å². The molecular formula is C64H44B2. The first-order valence-electron chi connectivity index (χ1n) is 23.2. The monoisotopic (exact) mass is 834 g/mol. The Morgan fingerprint density at radius 3 is 0.924 bits per heavy atom. The fourth-order valence-corrected chi connectivity index (χ4v) is 12.3. The second-order valence-corrected chi connectivity index (χ2v) is 18.4. The van der Waals surface area contributed by atoms with Gasteiger partial charge in [-0.15, -0.1) is 0 Å². The third-order valence-corrected chi connectivity index (χ3v) is 14.9. The topological polar surface area (TPSA) is 0 Å². The van der Waals surface area contributed by atoms with Crippen LogP contribution in [0.1, 0.15) is 44.5 Å². The lowest BCUT2D eigenvalue weighted by atomic mass is 9.67. The summed E-state index contributed by atoms with van der Waals surface area (Å²) in [5.74, 6) is 0. The average molecular weight is 835 g/mol. The van der Waals surface area contributed by atoms with Crippen molar-refractivity contribution in [3.05, 3.63) is 287 Å². The van der Waals surface area contributed by atoms with Gasteiger partial charge in [0.05, 0.1) is 10.8 Å². The fraction of sp³-hybridized carbons (Fsp3) is 0.0312. The first-order valence-corrected chi connectivity index (χ1v) is 23.2. The predicted octanol–water partition coefficient (Wildman–Crippen LogP) is 12.6. The van der Waals surface area contributed by atoms with E-state index < -0.39 is 10.8 Å². The molecule has 0 saturated heterocycles. The Morgan fingerprint density at radius 1 is 0.242 bits per heavy atom. The zero-order chi connectivity index (χ0) is 44.0. The molecule has 0 radical (unpaired) electrons. The summed E-state index contributed by atoms with van der Waals surface area (Å²) in [6, 6.07) is 91.6. The maximum atomic E-state index is 2.53. The van der Waals surface area contributed by atoms with Crippen LogP contribution >= 0.6 is 0 Å². The molecule has 2 aliphatic rings. The van der Waals surface area contributed by atoms with Gasteiger partial charge in [-0.3, -0.25) is 0 Å². The Bertz CT molecular complexity index is 3380. The molecule has 11 aromatic carbocycles. The van der Waals surface area contributed by atoms with Gasteiger partial charge < -0.3 is 0 Å². The van der Waals surface area contributed by atoms with E-state index in [1.165, 1.54) is 121 Å². The van der Waals surface area contributed by atoms with E-state index in [1.54, 1.807) is 0 Å². The molecule has 0 nitrogen and oxygen atoms in total. The zero-order valence-electron chi connectivity index (χ0n) is 37.1. The van der Waals surface area contributed by atoms with E-state index in [1.807, 2.05) is 0 Å². The van der Waals surface area contributed by atoms with Crippen molar-refractivity contribution < 1.29 is 0 Å². The van der Waals surface area contributed by atoms with Crippen LogP contribution in [0.5, 0.6) is 0 Å². The Hall–Kier alpha value is -7.93. The molecule has 0 saturated carbocycles. The van der Waals surface area contributed by atoms with Crippen molar-refractivity contribution in [1.82, 2.24) is 0 Å². The molecule has 0 N–H and O–H groups in total. The highest BCUT2D eigenvalue weighted by atomic mass is 14.5. The van der Waals surface area contributed by atoms with Crippen molar-refractivity contribution in [3.63, 3.8) is 0 Å². The SMILES string of the molecule is Bc1ccc2c(-c3ccc4c(c3)C(c3ccccc3)(c3ccccc3)c3ccccc3-4)c3cc(B)ccc3c(-c3ccc4c(c3)C(c3ccccc3)(c3ccccc3)c3ccccc3-4)c2c1. The molecule has 66 heavy (non-hydrogen) atoms. The van der Waals surface area contributed by atoms with Gasteiger partial charge in [0.1, 0.15) is 15.7 Å². The highest BCUT2D eigenvalue weighted by Crippen LogP contribution is 2.59. The molecule has 2 heteroatoms. The molecule has 13 rings (SSSR count). The molecule has 0 fully saturated rings. The Kier molecular flexibility index (Phi) is 8.64. The fourth-order valence-electron chi connectivity index (χ4n) is 12.3. The van der Waals surface area contributed by atoms with Crippen LogP contribution < -0.4 is 10.9 Å². The highest BCUT2D eigenvalue weighted by Gasteiger charge is 2.47. The zero-order valence-corrected chi connectivity index (χ0v) is 37.1. The Labute approximate surface area is 388 Å². The molecule has 0 unspecified atom stereocenters. The summed E-state index contributed by atoms with van der Waals surface area (Å²) < 4.78 is 0. The van der Waals surface area contributed by atoms with Gasteiger partial charge in [0.25, 0.3) is 0 Å². The van der Waals surface area contributed by atoms with Crippen molar-refractivity contribution >= 4 is 48.2 Å². The summed E-state index contributed by atoms with van der Waals surface area (Å²) in [5, 5.41) is 5.05. The molecule has 0 heterocycles. The normalized spacial score (nSPS) is 13.8. The van der Waals surface area contributed by atoms with Gasteiger partial charge in [0, 0.05) is 0 Å². The van der Waals surface area contributed by atoms with Crippen LogP contribution in [0.2, 0.25) is 0 Å². The summed E-state index contributed by atoms with van der Waals surface area (Å²) in [5.41, 5.74) is 22.1. The number of benzene rings is 11. The minimum atomic E-state index is -0.492. The van der Waals surface area contributed by atoms with Gasteiger partial charge in [0.2, 0.25) is 0 Å². The van der Waals surface area contributed by atoms with Gasteiger partial charge in [-0.2, -0.15) is 0 Å². The standard InChI is InChI=1S/C64H44B2/c65-47-32-36-54-55(39-47)61(41-29-33-51-49-25-13-15-27-57(49)63(59(51)37-41,43-17-5-1-6-18-43)44-19-7-2-8-20-44)53-35-31-48(66)40-56(53)62(54)42-30-34-52-50-26-14-16-28-58(50)64(60(52)38-42,45-21-9-3-10-22-45)46-23-11-4-12-24-46/h1-40H,65-66H2. The van der Waals surface area contributed by atoms with Gasteiger partial charge in [-0.25, -0.2) is 0 Å². The number of fused-ring (bicyclic) bond motifs is 8. The third-order valence-electron chi connectivity index (χ3n) is 14.9. The Balaban J connectivity index is 1.10. The second-order valence-electron chi connectivity index (χ2n) is 18.4. The summed E-state index contributed by atoms with van der Waals surface area (Å²) >= 11 is 0. The van der Waals surface area contributed by atoms with Gasteiger partial charge >= 0.3 is 0 Å². The molecule has 11 aromatic rings. The largest absolute Gasteiger partial charge is 0.139 e. The first-order chi connectivity index (χ1) is 32.6. The van der Waals surface area contributed by atoms with Crippen LogP contribution in [-0.2, 0) is 10.8 Å². The van der Waals surface area contributed by atoms with Crippen LogP contribution in [0.3, 0.4) is 0 Å². The summed E-state index contributed by atoms with van der Waals surface area (Å²) in [6.45, 7) is 0. The van der Waals surface area contributed by atoms with Crippen LogP contribution in [0.25, 0.3) is 66.1 Å². The molecule has 0 bridgehead atoms. The van der Waals surface area contributed by atoms with Crippen LogP contribution in [0.15, 0.2) is 243 Å². The van der Waals surface area contributed by atoms with Crippen molar-refractivity contribution in [1.29, 1.82) is 0 Å². The minimum absolute atomic E-state index is 0.492. The first kappa shape index (κ1) is 38.5. The smallest absolute Gasteiger partial charge is 0.0883 e. The van der Waals surface area contributed by atoms with Crippen molar-refractivity contribution in [2.75, 3.05) is 0 Å². The molecule has 0 atom stereocenters. The average Bonchev–Trinajstić information content (AvgIpc) is 3.84. The van der Waals surface area contributed by atoms with Crippen molar-refractivity contribution in [2.45, 2.75) is 10.8 Å². The van der Waals surface area contributed by atoms with Crippen molar-refractivity contribution in [2.24, 2.45) is 0 Å². The minimum Gasteiger partial charge on any atom is -0.0883 e. The number of hydrogen-bond donors (Lipinski definition) is 0. The summed E-state index contributed by atoms with van der Waals surface area (Å²) in [4.78, 5) is 0. The number of hydrogen-bond acceptors (Lipinski definition) is 0. The lowest BCUT2D eigenvalue weighted by molar-refractivity contribution is 0.769.